The summed E-state index contributed by atoms with van der Waals surface area (Å²) in [6.45, 7) is 10.2. The van der Waals surface area contributed by atoms with Gasteiger partial charge in [-0.15, -0.1) is 5.10 Å². The molecule has 1 aliphatic heterocycles. The normalized spacial score (nSPS) is 24.2. The van der Waals surface area contributed by atoms with E-state index >= 15 is 0 Å². The van der Waals surface area contributed by atoms with Gasteiger partial charge in [0, 0.05) is 13.0 Å². The smallest absolute Gasteiger partial charge is 0.408 e. The molecule has 2 aliphatic carbocycles. The number of nitrogens with one attached hydrogen (secondary N) is 2. The van der Waals surface area contributed by atoms with Gasteiger partial charge in [0.1, 0.15) is 22.8 Å². The van der Waals surface area contributed by atoms with Crippen LogP contribution in [0.1, 0.15) is 130 Å². The number of carbonyl (C=O) groups is 4. The summed E-state index contributed by atoms with van der Waals surface area (Å²) in [7, 11) is 0. The number of amides is 4. The van der Waals surface area contributed by atoms with E-state index in [0.717, 1.165) is 38.5 Å². The fraction of sp³-hybridized carbons (Fsp3) is 0.818. The van der Waals surface area contributed by atoms with E-state index < -0.39 is 64.3 Å². The van der Waals surface area contributed by atoms with E-state index in [1.807, 2.05) is 0 Å². The lowest BCUT2D eigenvalue weighted by Crippen LogP contribution is -2.65. The molecule has 4 atom stereocenters. The van der Waals surface area contributed by atoms with Gasteiger partial charge in [-0.25, -0.2) is 9.48 Å². The number of alkyl carbamates (subject to hydrolysis) is 1. The van der Waals surface area contributed by atoms with Crippen LogP contribution in [-0.2, 0) is 24.7 Å². The Hall–Kier alpha value is -3.26. The van der Waals surface area contributed by atoms with E-state index in [0.29, 0.717) is 37.8 Å². The number of aromatic nitrogens is 3. The molecule has 0 spiro atoms. The molecule has 4 rings (SSSR count). The van der Waals surface area contributed by atoms with Gasteiger partial charge >= 0.3 is 6.09 Å². The molecule has 2 heterocycles. The third kappa shape index (κ3) is 8.62. The van der Waals surface area contributed by atoms with Gasteiger partial charge in [-0.05, 0) is 66.7 Å². The molecule has 1 saturated heterocycles. The zero-order valence-electron chi connectivity index (χ0n) is 28.9. The summed E-state index contributed by atoms with van der Waals surface area (Å²) in [5.74, 6) is -1.73. The number of nitrogens with zero attached hydrogens (tertiary/aromatic N) is 4. The van der Waals surface area contributed by atoms with Crippen molar-refractivity contribution in [3.63, 3.8) is 0 Å². The standard InChI is InChI=1S/C33H55N7O7/c1-30(2,3)47-29(45)37-32(6,18-21-13-9-7-10-14-21)28(44)39-20-22(40-24(19-35-38-40)31(4,5)46)17-23(39)27(43)36-33(25(41)26(34)42)15-11-8-12-16-33/h19,21-23,25,41,46H,7-18,20H2,1-6H3,(H2,34,42)(H,36,43)(H,37,45)/t22-,23-,25?,32?/m0/s1. The van der Waals surface area contributed by atoms with Crippen LogP contribution in [0, 0.1) is 5.92 Å². The summed E-state index contributed by atoms with van der Waals surface area (Å²) in [6.07, 6.45) is 7.64. The lowest BCUT2D eigenvalue weighted by Gasteiger charge is -2.42. The molecule has 0 aromatic carbocycles. The molecule has 4 amide bonds. The summed E-state index contributed by atoms with van der Waals surface area (Å²) in [5.41, 5.74) is 1.19. The number of likely N-dealkylation sites (tertiary alicyclic amines) is 1. The quantitative estimate of drug-likeness (QED) is 0.250. The Bertz CT molecular complexity index is 1290. The number of hydrogen-bond acceptors (Lipinski definition) is 9. The highest BCUT2D eigenvalue weighted by atomic mass is 16.6. The highest BCUT2D eigenvalue weighted by Crippen LogP contribution is 2.38. The number of primary amides is 1. The fourth-order valence-corrected chi connectivity index (χ4v) is 7.67. The monoisotopic (exact) mass is 661 g/mol. The molecule has 1 aromatic heterocycles. The molecular formula is C33H55N7O7. The van der Waals surface area contributed by atoms with Crippen molar-refractivity contribution in [2.45, 2.75) is 159 Å². The molecule has 0 radical (unpaired) electrons. The Morgan fingerprint density at radius 1 is 1.04 bits per heavy atom. The van der Waals surface area contributed by atoms with Crippen molar-refractivity contribution in [2.24, 2.45) is 11.7 Å². The van der Waals surface area contributed by atoms with Crippen LogP contribution in [0.25, 0.3) is 0 Å². The van der Waals surface area contributed by atoms with Gasteiger partial charge in [0.25, 0.3) is 0 Å². The first-order chi connectivity index (χ1) is 21.9. The first kappa shape index (κ1) is 36.6. The molecular weight excluding hydrogens is 606 g/mol. The Morgan fingerprint density at radius 3 is 2.23 bits per heavy atom. The topological polar surface area (TPSA) is 202 Å². The van der Waals surface area contributed by atoms with Gasteiger partial charge in [0.05, 0.1) is 23.5 Å². The van der Waals surface area contributed by atoms with E-state index in [4.69, 9.17) is 10.5 Å². The first-order valence-corrected chi connectivity index (χ1v) is 17.1. The average Bonchev–Trinajstić information content (AvgIpc) is 3.64. The summed E-state index contributed by atoms with van der Waals surface area (Å²) in [6, 6.07) is -1.58. The fourth-order valence-electron chi connectivity index (χ4n) is 7.67. The Balaban J connectivity index is 1.72. The predicted octanol–water partition coefficient (Wildman–Crippen LogP) is 2.57. The number of rotatable bonds is 10. The largest absolute Gasteiger partial charge is 0.444 e. The highest BCUT2D eigenvalue weighted by Gasteiger charge is 2.51. The van der Waals surface area contributed by atoms with Crippen molar-refractivity contribution in [2.75, 3.05) is 6.54 Å². The zero-order valence-corrected chi connectivity index (χ0v) is 28.9. The van der Waals surface area contributed by atoms with Crippen molar-refractivity contribution >= 4 is 23.8 Å². The average molecular weight is 662 g/mol. The van der Waals surface area contributed by atoms with Crippen LogP contribution in [0.4, 0.5) is 4.79 Å². The van der Waals surface area contributed by atoms with E-state index in [1.54, 1.807) is 46.2 Å². The number of aliphatic hydroxyl groups is 2. The Labute approximate surface area is 277 Å². The first-order valence-electron chi connectivity index (χ1n) is 17.1. The highest BCUT2D eigenvalue weighted by molar-refractivity contribution is 5.95. The minimum absolute atomic E-state index is 0.0466. The van der Waals surface area contributed by atoms with Crippen molar-refractivity contribution in [1.29, 1.82) is 0 Å². The summed E-state index contributed by atoms with van der Waals surface area (Å²) in [5, 5.41) is 35.8. The number of aliphatic hydroxyl groups excluding tert-OH is 1. The molecule has 2 saturated carbocycles. The summed E-state index contributed by atoms with van der Waals surface area (Å²) in [4.78, 5) is 56.0. The van der Waals surface area contributed by atoms with Crippen molar-refractivity contribution < 1.29 is 34.1 Å². The molecule has 264 valence electrons. The van der Waals surface area contributed by atoms with Crippen LogP contribution in [0.5, 0.6) is 0 Å². The number of ether oxygens (including phenoxy) is 1. The minimum Gasteiger partial charge on any atom is -0.444 e. The summed E-state index contributed by atoms with van der Waals surface area (Å²) >= 11 is 0. The maximum Gasteiger partial charge on any atom is 0.408 e. The number of nitrogens with two attached hydrogens (primary N) is 1. The van der Waals surface area contributed by atoms with Crippen LogP contribution in [0.2, 0.25) is 0 Å². The molecule has 14 nitrogen and oxygen atoms in total. The lowest BCUT2D eigenvalue weighted by atomic mass is 9.77. The van der Waals surface area contributed by atoms with Crippen LogP contribution < -0.4 is 16.4 Å². The third-order valence-electron chi connectivity index (χ3n) is 9.97. The van der Waals surface area contributed by atoms with Crippen LogP contribution in [-0.4, -0.2) is 89.3 Å². The third-order valence-corrected chi connectivity index (χ3v) is 9.97. The van der Waals surface area contributed by atoms with Crippen LogP contribution in [0.3, 0.4) is 0 Å². The maximum atomic E-state index is 14.8. The second kappa shape index (κ2) is 14.1. The van der Waals surface area contributed by atoms with Crippen molar-refractivity contribution in [1.82, 2.24) is 30.5 Å². The molecule has 14 heteroatoms. The van der Waals surface area contributed by atoms with Gasteiger partial charge in [0.2, 0.25) is 17.7 Å². The summed E-state index contributed by atoms with van der Waals surface area (Å²) < 4.78 is 7.13. The van der Waals surface area contributed by atoms with E-state index in [9.17, 15) is 29.4 Å². The molecule has 0 bridgehead atoms. The van der Waals surface area contributed by atoms with Crippen molar-refractivity contribution in [3.05, 3.63) is 11.9 Å². The van der Waals surface area contributed by atoms with Gasteiger partial charge < -0.3 is 36.2 Å². The van der Waals surface area contributed by atoms with E-state index in [-0.39, 0.29) is 18.9 Å². The molecule has 47 heavy (non-hydrogen) atoms. The van der Waals surface area contributed by atoms with Gasteiger partial charge in [-0.3, -0.25) is 14.4 Å². The molecule has 1 aromatic rings. The number of hydrogen-bond donors (Lipinski definition) is 5. The van der Waals surface area contributed by atoms with Gasteiger partial charge in [0.15, 0.2) is 6.10 Å². The van der Waals surface area contributed by atoms with Gasteiger partial charge in [-0.2, -0.15) is 0 Å². The maximum absolute atomic E-state index is 14.8. The Kier molecular flexibility index (Phi) is 11.0. The zero-order chi connectivity index (χ0) is 34.8. The van der Waals surface area contributed by atoms with Crippen molar-refractivity contribution in [3.8, 4) is 0 Å². The van der Waals surface area contributed by atoms with Crippen LogP contribution in [0.15, 0.2) is 6.20 Å². The van der Waals surface area contributed by atoms with Crippen LogP contribution >= 0.6 is 0 Å². The number of carbonyl (C=O) groups excluding carboxylic acids is 4. The predicted molar refractivity (Wildman–Crippen MR) is 173 cm³/mol. The molecule has 6 N–H and O–H groups in total. The minimum atomic E-state index is -1.60. The second-order valence-electron chi connectivity index (χ2n) is 15.7. The molecule has 3 aliphatic rings. The Morgan fingerprint density at radius 2 is 1.66 bits per heavy atom. The second-order valence-corrected chi connectivity index (χ2v) is 15.7. The lowest BCUT2D eigenvalue weighted by molar-refractivity contribution is -0.146. The molecule has 3 fully saturated rings. The SMILES string of the molecule is CC(C)(C)OC(=O)NC(C)(CC1CCCCC1)C(=O)N1C[C@@H](n2nncc2C(C)(C)O)C[C@H]1C(=O)NC1(C(O)C(N)=O)CCCCC1. The van der Waals surface area contributed by atoms with Gasteiger partial charge in [-0.1, -0.05) is 56.6 Å². The molecule has 2 unspecified atom stereocenters. The van der Waals surface area contributed by atoms with E-state index in [2.05, 4.69) is 20.9 Å². The van der Waals surface area contributed by atoms with E-state index in [1.165, 1.54) is 11.1 Å².